The van der Waals surface area contributed by atoms with Gasteiger partial charge in [-0.15, -0.1) is 0 Å². The summed E-state index contributed by atoms with van der Waals surface area (Å²) in [6.07, 6.45) is 4.94. The van der Waals surface area contributed by atoms with E-state index in [-0.39, 0.29) is 24.5 Å². The molecule has 0 bridgehead atoms. The average Bonchev–Trinajstić information content (AvgIpc) is 3.23. The van der Waals surface area contributed by atoms with Gasteiger partial charge in [-0.3, -0.25) is 14.5 Å². The van der Waals surface area contributed by atoms with Gasteiger partial charge in [0.15, 0.2) is 0 Å². The van der Waals surface area contributed by atoms with Gasteiger partial charge in [-0.1, -0.05) is 43.2 Å². The van der Waals surface area contributed by atoms with Gasteiger partial charge < -0.3 is 14.5 Å². The molecule has 3 aliphatic rings. The number of hydrogen-bond donors (Lipinski definition) is 0. The van der Waals surface area contributed by atoms with Crippen LogP contribution in [0.5, 0.6) is 0 Å². The third-order valence-electron chi connectivity index (χ3n) is 6.25. The van der Waals surface area contributed by atoms with Crippen molar-refractivity contribution in [1.82, 2.24) is 14.7 Å². The maximum Gasteiger partial charge on any atom is 0.242 e. The fraction of sp³-hybridized carbons (Fsp3) is 0.636. The summed E-state index contributed by atoms with van der Waals surface area (Å²) < 4.78 is 5.85. The summed E-state index contributed by atoms with van der Waals surface area (Å²) in [6, 6.07) is 10.8. The minimum Gasteiger partial charge on any atom is -0.375 e. The number of morpholine rings is 1. The highest BCUT2D eigenvalue weighted by Gasteiger charge is 2.34. The molecule has 1 aliphatic carbocycles. The van der Waals surface area contributed by atoms with Crippen LogP contribution in [0.25, 0.3) is 0 Å². The fourth-order valence-electron chi connectivity index (χ4n) is 4.71. The number of rotatable bonds is 5. The monoisotopic (exact) mass is 385 g/mol. The van der Waals surface area contributed by atoms with E-state index in [9.17, 15) is 9.59 Å². The van der Waals surface area contributed by atoms with Gasteiger partial charge in [0.2, 0.25) is 11.8 Å². The molecule has 0 aromatic heterocycles. The van der Waals surface area contributed by atoms with Gasteiger partial charge in [0.25, 0.3) is 0 Å². The first-order chi connectivity index (χ1) is 13.7. The van der Waals surface area contributed by atoms with Gasteiger partial charge in [0.1, 0.15) is 0 Å². The van der Waals surface area contributed by atoms with Crippen molar-refractivity contribution in [3.8, 4) is 0 Å². The summed E-state index contributed by atoms with van der Waals surface area (Å²) in [5, 5.41) is 0. The number of ether oxygens (including phenoxy) is 1. The summed E-state index contributed by atoms with van der Waals surface area (Å²) in [5.74, 6) is 0.160. The topological polar surface area (TPSA) is 53.1 Å². The van der Waals surface area contributed by atoms with Crippen molar-refractivity contribution in [2.75, 3.05) is 39.3 Å². The lowest BCUT2D eigenvalue weighted by molar-refractivity contribution is -0.149. The van der Waals surface area contributed by atoms with Crippen molar-refractivity contribution >= 4 is 11.8 Å². The molecule has 0 spiro atoms. The molecular weight excluding hydrogens is 354 g/mol. The Morgan fingerprint density at radius 2 is 1.86 bits per heavy atom. The van der Waals surface area contributed by atoms with Crippen LogP contribution in [0.4, 0.5) is 0 Å². The molecule has 6 nitrogen and oxygen atoms in total. The van der Waals surface area contributed by atoms with Crippen molar-refractivity contribution in [3.05, 3.63) is 35.9 Å². The number of benzene rings is 1. The quantitative estimate of drug-likeness (QED) is 0.777. The second-order valence-corrected chi connectivity index (χ2v) is 8.26. The molecule has 2 saturated heterocycles. The van der Waals surface area contributed by atoms with E-state index in [1.54, 1.807) is 4.90 Å². The Labute approximate surface area is 167 Å². The minimum atomic E-state index is -0.0899. The molecule has 2 aliphatic heterocycles. The lowest BCUT2D eigenvalue weighted by Crippen LogP contribution is -2.55. The average molecular weight is 386 g/mol. The van der Waals surface area contributed by atoms with Gasteiger partial charge in [0.05, 0.1) is 25.7 Å². The van der Waals surface area contributed by atoms with Gasteiger partial charge in [0, 0.05) is 38.8 Å². The van der Waals surface area contributed by atoms with Gasteiger partial charge in [-0.25, -0.2) is 0 Å². The van der Waals surface area contributed by atoms with Crippen LogP contribution in [0.3, 0.4) is 0 Å². The Morgan fingerprint density at radius 3 is 2.61 bits per heavy atom. The van der Waals surface area contributed by atoms with Crippen LogP contribution in [0.15, 0.2) is 30.3 Å². The second kappa shape index (κ2) is 9.05. The number of piperazine rings is 1. The molecule has 1 unspecified atom stereocenters. The van der Waals surface area contributed by atoms with Crippen LogP contribution < -0.4 is 0 Å². The standard InChI is InChI=1S/C22H31N3O3/c26-21(24-10-11-25(22(27)17-24)19-8-4-5-9-19)14-20-16-23(12-13-28-20)15-18-6-2-1-3-7-18/h1-3,6-7,19-20H,4-5,8-17H2. The zero-order valence-corrected chi connectivity index (χ0v) is 16.6. The zero-order valence-electron chi connectivity index (χ0n) is 16.6. The summed E-state index contributed by atoms with van der Waals surface area (Å²) in [5.41, 5.74) is 1.28. The van der Waals surface area contributed by atoms with Crippen LogP contribution >= 0.6 is 0 Å². The Morgan fingerprint density at radius 1 is 1.07 bits per heavy atom. The van der Waals surface area contributed by atoms with Gasteiger partial charge in [-0.2, -0.15) is 0 Å². The molecule has 4 rings (SSSR count). The fourth-order valence-corrected chi connectivity index (χ4v) is 4.71. The minimum absolute atomic E-state index is 0.0472. The van der Waals surface area contributed by atoms with E-state index in [0.29, 0.717) is 32.2 Å². The first-order valence-corrected chi connectivity index (χ1v) is 10.6. The van der Waals surface area contributed by atoms with Gasteiger partial charge >= 0.3 is 0 Å². The zero-order chi connectivity index (χ0) is 19.3. The summed E-state index contributed by atoms with van der Waals surface area (Å²) in [7, 11) is 0. The number of amides is 2. The van der Waals surface area contributed by atoms with Crippen molar-refractivity contribution < 1.29 is 14.3 Å². The molecule has 0 N–H and O–H groups in total. The molecule has 152 valence electrons. The summed E-state index contributed by atoms with van der Waals surface area (Å²) >= 11 is 0. The molecule has 1 aromatic carbocycles. The molecule has 1 aromatic rings. The molecule has 2 amide bonds. The lowest BCUT2D eigenvalue weighted by Gasteiger charge is -2.39. The van der Waals surface area contributed by atoms with E-state index in [4.69, 9.17) is 4.74 Å². The highest BCUT2D eigenvalue weighted by Crippen LogP contribution is 2.25. The first-order valence-electron chi connectivity index (χ1n) is 10.6. The van der Waals surface area contributed by atoms with Crippen LogP contribution in [-0.2, 0) is 20.9 Å². The first kappa shape index (κ1) is 19.4. The van der Waals surface area contributed by atoms with E-state index >= 15 is 0 Å². The van der Waals surface area contributed by atoms with Crippen LogP contribution in [0.2, 0.25) is 0 Å². The predicted octanol–water partition coefficient (Wildman–Crippen LogP) is 1.89. The number of carbonyl (C=O) groups is 2. The maximum atomic E-state index is 12.8. The van der Waals surface area contributed by atoms with Crippen LogP contribution in [0.1, 0.15) is 37.7 Å². The van der Waals surface area contributed by atoms with E-state index < -0.39 is 0 Å². The smallest absolute Gasteiger partial charge is 0.242 e. The second-order valence-electron chi connectivity index (χ2n) is 8.26. The Hall–Kier alpha value is -1.92. The Bertz CT molecular complexity index is 675. The van der Waals surface area contributed by atoms with Crippen molar-refractivity contribution in [2.45, 2.75) is 50.8 Å². The van der Waals surface area contributed by atoms with Gasteiger partial charge in [-0.05, 0) is 18.4 Å². The molecule has 2 heterocycles. The van der Waals surface area contributed by atoms with E-state index in [1.807, 2.05) is 11.0 Å². The Kier molecular flexibility index (Phi) is 6.27. The van der Waals surface area contributed by atoms with Crippen molar-refractivity contribution in [3.63, 3.8) is 0 Å². The highest BCUT2D eigenvalue weighted by molar-refractivity contribution is 5.86. The SMILES string of the molecule is O=C(CC1CN(Cc2ccccc2)CCO1)N1CCN(C2CCCC2)C(=O)C1. The predicted molar refractivity (Wildman–Crippen MR) is 107 cm³/mol. The molecule has 1 atom stereocenters. The third kappa shape index (κ3) is 4.73. The number of carbonyl (C=O) groups excluding carboxylic acids is 2. The molecule has 0 radical (unpaired) electrons. The third-order valence-corrected chi connectivity index (χ3v) is 6.25. The van der Waals surface area contributed by atoms with E-state index in [1.165, 1.54) is 18.4 Å². The molecule has 6 heteroatoms. The maximum absolute atomic E-state index is 12.8. The summed E-state index contributed by atoms with van der Waals surface area (Å²) in [6.45, 7) is 4.75. The van der Waals surface area contributed by atoms with Crippen molar-refractivity contribution in [2.24, 2.45) is 0 Å². The largest absolute Gasteiger partial charge is 0.375 e. The van der Waals surface area contributed by atoms with Crippen LogP contribution in [0, 0.1) is 0 Å². The van der Waals surface area contributed by atoms with E-state index in [2.05, 4.69) is 29.2 Å². The number of nitrogens with zero attached hydrogens (tertiary/aromatic N) is 3. The summed E-state index contributed by atoms with van der Waals surface area (Å²) in [4.78, 5) is 31.4. The highest BCUT2D eigenvalue weighted by atomic mass is 16.5. The van der Waals surface area contributed by atoms with Crippen LogP contribution in [-0.4, -0.2) is 78.0 Å². The van der Waals surface area contributed by atoms with Crippen molar-refractivity contribution in [1.29, 1.82) is 0 Å². The normalized spacial score (nSPS) is 24.7. The Balaban J connectivity index is 1.26. The molecule has 28 heavy (non-hydrogen) atoms. The molecular formula is C22H31N3O3. The molecule has 3 fully saturated rings. The lowest BCUT2D eigenvalue weighted by atomic mass is 10.1. The molecule has 1 saturated carbocycles. The van der Waals surface area contributed by atoms with E-state index in [0.717, 1.165) is 32.5 Å². The number of hydrogen-bond acceptors (Lipinski definition) is 4.